The number of aromatic hydroxyl groups is 1. The first-order valence-electron chi connectivity index (χ1n) is 6.72. The molecule has 1 aliphatic carbocycles. The van der Waals surface area contributed by atoms with Crippen LogP contribution >= 0.6 is 15.9 Å². The topological polar surface area (TPSA) is 88.2 Å². The van der Waals surface area contributed by atoms with E-state index in [2.05, 4.69) is 20.9 Å². The number of carbonyl (C=O) groups excluding carboxylic acids is 1. The predicted molar refractivity (Wildman–Crippen MR) is 81.5 cm³/mol. The summed E-state index contributed by atoms with van der Waals surface area (Å²) in [4.78, 5) is 17.6. The van der Waals surface area contributed by atoms with Gasteiger partial charge in [0.15, 0.2) is 11.5 Å². The van der Waals surface area contributed by atoms with Gasteiger partial charge in [-0.25, -0.2) is 4.79 Å². The maximum atomic E-state index is 12.0. The van der Waals surface area contributed by atoms with Crippen molar-refractivity contribution in [2.45, 2.75) is 18.9 Å². The summed E-state index contributed by atoms with van der Waals surface area (Å²) in [6, 6.07) is 2.73. The van der Waals surface area contributed by atoms with Gasteiger partial charge in [-0.1, -0.05) is 0 Å². The van der Waals surface area contributed by atoms with Gasteiger partial charge in [0, 0.05) is 6.54 Å². The first-order chi connectivity index (χ1) is 10.0. The standard InChI is InChI=1S/C14H16BrN3O3/c1-21-10-5-8(4-9(15)12(10)19)11-13(16)17-14(20)18(11)6-7-2-3-7/h4-5,7,11,19H,2-3,6H2,1H3,(H2,16,17,20). The molecular weight excluding hydrogens is 338 g/mol. The first-order valence-corrected chi connectivity index (χ1v) is 7.51. The number of carbonyl (C=O) groups is 1. The molecule has 2 aliphatic rings. The fraction of sp³-hybridized carbons (Fsp3) is 0.429. The number of methoxy groups -OCH3 is 1. The average Bonchev–Trinajstić information content (AvgIpc) is 3.20. The molecule has 3 N–H and O–H groups in total. The van der Waals surface area contributed by atoms with E-state index in [0.29, 0.717) is 22.7 Å². The Morgan fingerprint density at radius 3 is 2.86 bits per heavy atom. The van der Waals surface area contributed by atoms with Crippen molar-refractivity contribution in [2.75, 3.05) is 13.7 Å². The lowest BCUT2D eigenvalue weighted by molar-refractivity contribution is 0.203. The molecule has 1 fully saturated rings. The zero-order chi connectivity index (χ0) is 15.1. The number of amidine groups is 1. The molecule has 112 valence electrons. The van der Waals surface area contributed by atoms with Crippen LogP contribution in [0.4, 0.5) is 4.79 Å². The van der Waals surface area contributed by atoms with E-state index in [1.807, 2.05) is 0 Å². The van der Waals surface area contributed by atoms with Crippen LogP contribution in [0.5, 0.6) is 11.5 Å². The highest BCUT2D eigenvalue weighted by atomic mass is 79.9. The number of halogens is 1. The smallest absolute Gasteiger partial charge is 0.346 e. The number of rotatable bonds is 4. The van der Waals surface area contributed by atoms with Crippen LogP contribution in [-0.4, -0.2) is 35.5 Å². The molecule has 2 amide bonds. The Morgan fingerprint density at radius 1 is 1.52 bits per heavy atom. The van der Waals surface area contributed by atoms with Crippen LogP contribution in [0.25, 0.3) is 0 Å². The summed E-state index contributed by atoms with van der Waals surface area (Å²) in [5.41, 5.74) is 6.70. The van der Waals surface area contributed by atoms with Gasteiger partial charge >= 0.3 is 6.03 Å². The quantitative estimate of drug-likeness (QED) is 0.869. The molecule has 0 bridgehead atoms. The molecule has 3 rings (SSSR count). The molecule has 1 heterocycles. The third-order valence-electron chi connectivity index (χ3n) is 3.80. The number of phenolic OH excluding ortho intramolecular Hbond substituents is 1. The zero-order valence-corrected chi connectivity index (χ0v) is 13.1. The van der Waals surface area contributed by atoms with Crippen molar-refractivity contribution in [3.05, 3.63) is 22.2 Å². The minimum absolute atomic E-state index is 0.0230. The van der Waals surface area contributed by atoms with Crippen LogP contribution in [-0.2, 0) is 0 Å². The number of phenols is 1. The number of aliphatic imine (C=N–C) groups is 1. The van der Waals surface area contributed by atoms with E-state index in [9.17, 15) is 9.90 Å². The second-order valence-electron chi connectivity index (χ2n) is 5.37. The van der Waals surface area contributed by atoms with Gasteiger partial charge < -0.3 is 20.5 Å². The SMILES string of the molecule is COc1cc(C2C(N)=NC(=O)N2CC2CC2)cc(Br)c1O. The van der Waals surface area contributed by atoms with Crippen molar-refractivity contribution in [1.29, 1.82) is 0 Å². The lowest BCUT2D eigenvalue weighted by atomic mass is 10.0. The normalized spacial score (nSPS) is 21.6. The van der Waals surface area contributed by atoms with E-state index in [4.69, 9.17) is 10.5 Å². The lowest BCUT2D eigenvalue weighted by Crippen LogP contribution is -2.34. The van der Waals surface area contributed by atoms with E-state index in [-0.39, 0.29) is 17.6 Å². The minimum Gasteiger partial charge on any atom is -0.503 e. The van der Waals surface area contributed by atoms with Crippen molar-refractivity contribution in [2.24, 2.45) is 16.6 Å². The van der Waals surface area contributed by atoms with Crippen LogP contribution < -0.4 is 10.5 Å². The fourth-order valence-electron chi connectivity index (χ4n) is 2.53. The third kappa shape index (κ3) is 2.57. The molecule has 6 nitrogen and oxygen atoms in total. The number of amides is 2. The van der Waals surface area contributed by atoms with Gasteiger partial charge in [0.05, 0.1) is 11.6 Å². The lowest BCUT2D eigenvalue weighted by Gasteiger charge is -2.25. The number of hydrogen-bond acceptors (Lipinski definition) is 4. The Bertz CT molecular complexity index is 628. The molecule has 1 atom stereocenters. The summed E-state index contributed by atoms with van der Waals surface area (Å²) in [7, 11) is 1.48. The van der Waals surface area contributed by atoms with Gasteiger partial charge in [0.25, 0.3) is 0 Å². The summed E-state index contributed by atoms with van der Waals surface area (Å²) in [5, 5.41) is 9.89. The van der Waals surface area contributed by atoms with Crippen molar-refractivity contribution < 1.29 is 14.6 Å². The molecule has 1 unspecified atom stereocenters. The van der Waals surface area contributed by atoms with Gasteiger partial charge in [-0.05, 0) is 52.4 Å². The zero-order valence-electron chi connectivity index (χ0n) is 11.5. The van der Waals surface area contributed by atoms with Gasteiger partial charge in [0.1, 0.15) is 11.9 Å². The maximum absolute atomic E-state index is 12.0. The molecule has 1 aliphatic heterocycles. The molecule has 21 heavy (non-hydrogen) atoms. The van der Waals surface area contributed by atoms with E-state index in [1.165, 1.54) is 7.11 Å². The minimum atomic E-state index is -0.399. The van der Waals surface area contributed by atoms with Gasteiger partial charge in [-0.15, -0.1) is 0 Å². The Kier molecular flexibility index (Phi) is 3.52. The second-order valence-corrected chi connectivity index (χ2v) is 6.23. The summed E-state index contributed by atoms with van der Waals surface area (Å²) in [6.07, 6.45) is 2.28. The summed E-state index contributed by atoms with van der Waals surface area (Å²) < 4.78 is 5.65. The van der Waals surface area contributed by atoms with Crippen LogP contribution in [0.1, 0.15) is 24.4 Å². The average molecular weight is 354 g/mol. The summed E-state index contributed by atoms with van der Waals surface area (Å²) >= 11 is 3.29. The highest BCUT2D eigenvalue weighted by Crippen LogP contribution is 2.40. The Balaban J connectivity index is 1.98. The number of urea groups is 1. The Hall–Kier alpha value is -1.76. The van der Waals surface area contributed by atoms with Gasteiger partial charge in [-0.3, -0.25) is 0 Å². The number of hydrogen-bond donors (Lipinski definition) is 2. The van der Waals surface area contributed by atoms with Gasteiger partial charge in [0.2, 0.25) is 0 Å². The summed E-state index contributed by atoms with van der Waals surface area (Å²) in [5.74, 6) is 1.17. The fourth-order valence-corrected chi connectivity index (χ4v) is 2.99. The highest BCUT2D eigenvalue weighted by Gasteiger charge is 2.38. The largest absolute Gasteiger partial charge is 0.503 e. The molecule has 1 aromatic rings. The van der Waals surface area contributed by atoms with Crippen molar-refractivity contribution in [3.63, 3.8) is 0 Å². The van der Waals surface area contributed by atoms with E-state index in [1.54, 1.807) is 17.0 Å². The first kappa shape index (κ1) is 14.2. The Morgan fingerprint density at radius 2 is 2.24 bits per heavy atom. The molecule has 7 heteroatoms. The van der Waals surface area contributed by atoms with Crippen molar-refractivity contribution in [1.82, 2.24) is 4.90 Å². The molecule has 0 spiro atoms. The number of benzene rings is 1. The Labute approximate surface area is 130 Å². The molecule has 1 aromatic carbocycles. The van der Waals surface area contributed by atoms with E-state index >= 15 is 0 Å². The van der Waals surface area contributed by atoms with Crippen LogP contribution in [0.2, 0.25) is 0 Å². The summed E-state index contributed by atoms with van der Waals surface area (Å²) in [6.45, 7) is 0.661. The molecular formula is C14H16BrN3O3. The molecule has 0 aromatic heterocycles. The van der Waals surface area contributed by atoms with Crippen molar-refractivity contribution >= 4 is 27.8 Å². The van der Waals surface area contributed by atoms with E-state index < -0.39 is 6.04 Å². The third-order valence-corrected chi connectivity index (χ3v) is 4.40. The second kappa shape index (κ2) is 5.22. The number of ether oxygens (including phenoxy) is 1. The molecule has 0 saturated heterocycles. The van der Waals surface area contributed by atoms with E-state index in [0.717, 1.165) is 18.4 Å². The van der Waals surface area contributed by atoms with Crippen molar-refractivity contribution in [3.8, 4) is 11.5 Å². The highest BCUT2D eigenvalue weighted by molar-refractivity contribution is 9.10. The molecule has 1 saturated carbocycles. The predicted octanol–water partition coefficient (Wildman–Crippen LogP) is 2.41. The number of nitrogens with zero attached hydrogens (tertiary/aromatic N) is 2. The monoisotopic (exact) mass is 353 g/mol. The van der Waals surface area contributed by atoms with Crippen LogP contribution in [0, 0.1) is 5.92 Å². The van der Waals surface area contributed by atoms with Crippen LogP contribution in [0.15, 0.2) is 21.6 Å². The molecule has 0 radical (unpaired) electrons. The maximum Gasteiger partial charge on any atom is 0.346 e. The number of nitrogens with two attached hydrogens (primary N) is 1. The van der Waals surface area contributed by atoms with Crippen LogP contribution in [0.3, 0.4) is 0 Å². The van der Waals surface area contributed by atoms with Gasteiger partial charge in [-0.2, -0.15) is 4.99 Å².